The molecule has 0 aromatic rings. The summed E-state index contributed by atoms with van der Waals surface area (Å²) in [4.78, 5) is 0. The summed E-state index contributed by atoms with van der Waals surface area (Å²) in [5.74, 6) is 0. The molecule has 114 valence electrons. The summed E-state index contributed by atoms with van der Waals surface area (Å²) >= 11 is 0. The molecule has 0 aliphatic carbocycles. The van der Waals surface area contributed by atoms with Crippen molar-refractivity contribution in [3.8, 4) is 0 Å². The van der Waals surface area contributed by atoms with E-state index in [1.165, 1.54) is 0 Å². The quantitative estimate of drug-likeness (QED) is 0.726. The molecule has 6 heteroatoms. The van der Waals surface area contributed by atoms with E-state index >= 15 is 0 Å². The minimum atomic E-state index is -1.02. The zero-order valence-corrected chi connectivity index (χ0v) is 16.4. The van der Waals surface area contributed by atoms with E-state index in [9.17, 15) is 0 Å². The first-order valence-corrected chi connectivity index (χ1v) is 9.97. The van der Waals surface area contributed by atoms with E-state index in [1.54, 1.807) is 0 Å². The third-order valence-electron chi connectivity index (χ3n) is 3.33. The van der Waals surface area contributed by atoms with Crippen LogP contribution in [0.4, 0.5) is 0 Å². The summed E-state index contributed by atoms with van der Waals surface area (Å²) in [6.45, 7) is 21.8. The van der Waals surface area contributed by atoms with E-state index in [1.807, 2.05) is 0 Å². The van der Waals surface area contributed by atoms with Crippen molar-refractivity contribution < 1.29 is 0 Å². The number of nitrogens with zero attached hydrogens (tertiary/aromatic N) is 4. The van der Waals surface area contributed by atoms with Crippen LogP contribution in [0.5, 0.6) is 0 Å². The molecule has 1 aliphatic heterocycles. The molecule has 1 aliphatic rings. The normalized spacial score (nSPS) is 23.2. The Morgan fingerprint density at radius 3 is 1.10 bits per heavy atom. The minimum Gasteiger partial charge on any atom is -0.251 e. The zero-order valence-electron chi connectivity index (χ0n) is 14.4. The van der Waals surface area contributed by atoms with Crippen LogP contribution < -0.4 is 0 Å². The highest BCUT2D eigenvalue weighted by atomic mass is 28.3. The van der Waals surface area contributed by atoms with Crippen LogP contribution in [0.3, 0.4) is 0 Å². The van der Waals surface area contributed by atoms with Crippen molar-refractivity contribution in [2.24, 2.45) is 0 Å². The highest BCUT2D eigenvalue weighted by Gasteiger charge is 2.50. The zero-order chi connectivity index (χ0) is 15.9. The van der Waals surface area contributed by atoms with Gasteiger partial charge in [-0.25, -0.2) is 9.35 Å². The van der Waals surface area contributed by atoms with Crippen LogP contribution in [0.1, 0.15) is 41.5 Å². The molecular formula is C14H30N4Si2. The maximum Gasteiger partial charge on any atom is 0.286 e. The van der Waals surface area contributed by atoms with E-state index < -0.39 is 18.2 Å². The van der Waals surface area contributed by atoms with Gasteiger partial charge in [0.15, 0.2) is 0 Å². The molecule has 1 heterocycles. The van der Waals surface area contributed by atoms with Gasteiger partial charge in [0.05, 0.1) is 0 Å². The molecule has 4 nitrogen and oxygen atoms in total. The second-order valence-electron chi connectivity index (χ2n) is 7.14. The average Bonchev–Trinajstić information content (AvgIpc) is 2.27. The van der Waals surface area contributed by atoms with Crippen LogP contribution >= 0.6 is 0 Å². The summed E-state index contributed by atoms with van der Waals surface area (Å²) in [6, 6.07) is 0. The molecule has 1 fully saturated rings. The summed E-state index contributed by atoms with van der Waals surface area (Å²) in [6.07, 6.45) is 0. The van der Waals surface area contributed by atoms with E-state index in [-0.39, 0.29) is 11.1 Å². The monoisotopic (exact) mass is 310 g/mol. The van der Waals surface area contributed by atoms with E-state index in [2.05, 4.69) is 98.9 Å². The van der Waals surface area contributed by atoms with E-state index in [4.69, 9.17) is 0 Å². The van der Waals surface area contributed by atoms with Gasteiger partial charge in [0, 0.05) is 11.1 Å². The fraction of sp³-hybridized carbons (Fsp3) is 0.714. The first-order valence-electron chi connectivity index (χ1n) is 7.03. The van der Waals surface area contributed by atoms with Crippen molar-refractivity contribution in [1.29, 1.82) is 0 Å². The second-order valence-corrected chi connectivity index (χ2v) is 11.5. The molecule has 0 bridgehead atoms. The Balaban J connectivity index is 3.33. The van der Waals surface area contributed by atoms with Gasteiger partial charge in [-0.05, 0) is 55.6 Å². The van der Waals surface area contributed by atoms with Crippen LogP contribution in [-0.4, -0.2) is 62.1 Å². The maximum atomic E-state index is 4.09. The van der Waals surface area contributed by atoms with Crippen molar-refractivity contribution in [1.82, 2.24) is 18.7 Å². The van der Waals surface area contributed by atoms with Crippen LogP contribution in [0.2, 0.25) is 0 Å². The van der Waals surface area contributed by atoms with Gasteiger partial charge in [0.1, 0.15) is 0 Å². The van der Waals surface area contributed by atoms with E-state index in [0.717, 1.165) is 0 Å². The lowest BCUT2D eigenvalue weighted by atomic mass is 10.1. The Bertz CT molecular complexity index is 336. The molecule has 0 amide bonds. The molecule has 20 heavy (non-hydrogen) atoms. The molecule has 0 aromatic heterocycles. The number of hydrogen-bond donors (Lipinski definition) is 0. The molecule has 0 atom stereocenters. The standard InChI is InChI=1S/C14H30N4Si2/c1-11-19-15(9)18(14(6,7)8)20(12-2)16(10)17(19)13(3,4)5/h11-12H,1-2H2,3-10H3. The molecular weight excluding hydrogens is 280 g/mol. The summed E-state index contributed by atoms with van der Waals surface area (Å²) < 4.78 is 9.84. The number of hydrogen-bond acceptors (Lipinski definition) is 4. The largest absolute Gasteiger partial charge is 0.286 e. The summed E-state index contributed by atoms with van der Waals surface area (Å²) in [5, 5.41) is 0. The van der Waals surface area contributed by atoms with Crippen molar-refractivity contribution in [3.05, 3.63) is 24.6 Å². The van der Waals surface area contributed by atoms with Gasteiger partial charge in [-0.15, -0.1) is 13.2 Å². The van der Waals surface area contributed by atoms with Crippen molar-refractivity contribution in [3.63, 3.8) is 0 Å². The minimum absolute atomic E-state index is 0.0778. The van der Waals surface area contributed by atoms with Gasteiger partial charge in [0.25, 0.3) is 18.2 Å². The Morgan fingerprint density at radius 1 is 0.700 bits per heavy atom. The Hall–Kier alpha value is -0.246. The lowest BCUT2D eigenvalue weighted by Gasteiger charge is -2.60. The third kappa shape index (κ3) is 3.15. The molecule has 0 aromatic carbocycles. The van der Waals surface area contributed by atoms with Gasteiger partial charge in [-0.1, -0.05) is 11.4 Å². The maximum absolute atomic E-state index is 4.09. The number of hydrazine groups is 2. The molecule has 0 spiro atoms. The topological polar surface area (TPSA) is 13.0 Å². The molecule has 0 saturated carbocycles. The molecule has 0 unspecified atom stereocenters. The Kier molecular flexibility index (Phi) is 5.22. The van der Waals surface area contributed by atoms with E-state index in [0.29, 0.717) is 0 Å². The van der Waals surface area contributed by atoms with Gasteiger partial charge < -0.3 is 0 Å². The first kappa shape index (κ1) is 17.8. The summed E-state index contributed by atoms with van der Waals surface area (Å²) in [7, 11) is 2.35. The molecule has 2 radical (unpaired) electrons. The molecule has 1 rings (SSSR count). The van der Waals surface area contributed by atoms with Crippen LogP contribution in [0.25, 0.3) is 0 Å². The Morgan fingerprint density at radius 2 is 0.950 bits per heavy atom. The predicted octanol–water partition coefficient (Wildman–Crippen LogP) is 2.32. The lowest BCUT2D eigenvalue weighted by molar-refractivity contribution is -0.0288. The highest BCUT2D eigenvalue weighted by Crippen LogP contribution is 2.30. The van der Waals surface area contributed by atoms with Crippen molar-refractivity contribution in [2.45, 2.75) is 52.6 Å². The predicted molar refractivity (Wildman–Crippen MR) is 90.6 cm³/mol. The Labute approximate surface area is 128 Å². The van der Waals surface area contributed by atoms with Gasteiger partial charge in [0.2, 0.25) is 0 Å². The van der Waals surface area contributed by atoms with Gasteiger partial charge >= 0.3 is 0 Å². The van der Waals surface area contributed by atoms with Crippen molar-refractivity contribution >= 4 is 18.2 Å². The summed E-state index contributed by atoms with van der Waals surface area (Å²) in [5.41, 5.74) is 4.39. The smallest absolute Gasteiger partial charge is 0.251 e. The fourth-order valence-corrected chi connectivity index (χ4v) is 8.46. The fourth-order valence-electron chi connectivity index (χ4n) is 2.81. The van der Waals surface area contributed by atoms with Crippen LogP contribution in [0.15, 0.2) is 24.6 Å². The van der Waals surface area contributed by atoms with Gasteiger partial charge in [-0.3, -0.25) is 9.35 Å². The van der Waals surface area contributed by atoms with Crippen LogP contribution in [-0.2, 0) is 0 Å². The SMILES string of the molecule is C=C[Si]1N(C)N(C(C)(C)C)[Si](C=C)N(C)N1C(C)(C)C. The number of rotatable bonds is 2. The molecule has 1 saturated heterocycles. The first-order chi connectivity index (χ1) is 8.96. The average molecular weight is 311 g/mol. The highest BCUT2D eigenvalue weighted by molar-refractivity contribution is 6.66. The van der Waals surface area contributed by atoms with Gasteiger partial charge in [-0.2, -0.15) is 0 Å². The van der Waals surface area contributed by atoms with Crippen molar-refractivity contribution in [2.75, 3.05) is 14.1 Å². The lowest BCUT2D eigenvalue weighted by Crippen LogP contribution is -2.80. The van der Waals surface area contributed by atoms with Crippen LogP contribution in [0, 0.1) is 0 Å². The molecule has 0 N–H and O–H groups in total. The second kappa shape index (κ2) is 5.86. The third-order valence-corrected chi connectivity index (χ3v) is 9.00.